The fraction of sp³-hybridized carbons (Fsp3) is 0.875. The summed E-state index contributed by atoms with van der Waals surface area (Å²) in [5.74, 6) is -0.855. The zero-order valence-corrected chi connectivity index (χ0v) is 39.4. The van der Waals surface area contributed by atoms with Crippen molar-refractivity contribution in [3.8, 4) is 0 Å². The highest BCUT2D eigenvalue weighted by Crippen LogP contribution is 2.38. The first-order valence-corrected chi connectivity index (χ1v) is 25.5. The monoisotopic (exact) mass is 842 g/mol. The standard InChI is InChI=1S/C48H92NO8P/c1-6-8-10-12-14-16-18-20-22-23-24-25-27-29-31-33-35-37-39-41-48(51)57-46(45-56-58(52,53)55-43-42-49(3,4)5)44-54-47(50)40-38-36-34-32-30-28-26-21-19-17-15-13-11-9-7-2/h20,22,30,32,46H,6-19,21,23-29,31,33-45H2,1-5H3/b22-20+,32-30+/t46-/m1/s1. The number of unbranched alkanes of at least 4 members (excludes halogenated alkanes) is 26. The van der Waals surface area contributed by atoms with Crippen molar-refractivity contribution in [2.45, 2.75) is 225 Å². The number of nitrogens with zero attached hydrogens (tertiary/aromatic N) is 1. The van der Waals surface area contributed by atoms with E-state index < -0.39 is 32.5 Å². The molecule has 0 aliphatic carbocycles. The second kappa shape index (κ2) is 40.9. The van der Waals surface area contributed by atoms with E-state index in [1.165, 1.54) is 141 Å². The number of carbonyl (C=O) groups excluding carboxylic acids is 2. The third-order valence-electron chi connectivity index (χ3n) is 10.4. The number of ether oxygens (including phenoxy) is 2. The molecule has 0 bridgehead atoms. The third-order valence-corrected chi connectivity index (χ3v) is 11.4. The molecule has 0 fully saturated rings. The van der Waals surface area contributed by atoms with Gasteiger partial charge < -0.3 is 27.9 Å². The van der Waals surface area contributed by atoms with Gasteiger partial charge in [-0.25, -0.2) is 0 Å². The van der Waals surface area contributed by atoms with E-state index in [-0.39, 0.29) is 26.1 Å². The summed E-state index contributed by atoms with van der Waals surface area (Å²) in [4.78, 5) is 37.6. The molecule has 0 aromatic heterocycles. The van der Waals surface area contributed by atoms with Crippen LogP contribution in [-0.2, 0) is 32.7 Å². The maximum Gasteiger partial charge on any atom is 0.306 e. The highest BCUT2D eigenvalue weighted by Gasteiger charge is 2.21. The minimum atomic E-state index is -4.63. The highest BCUT2D eigenvalue weighted by atomic mass is 31.2. The molecular weight excluding hydrogens is 750 g/mol. The first kappa shape index (κ1) is 56.5. The topological polar surface area (TPSA) is 111 Å². The number of hydrogen-bond acceptors (Lipinski definition) is 8. The molecule has 0 aromatic carbocycles. The Hall–Kier alpha value is -1.51. The summed E-state index contributed by atoms with van der Waals surface area (Å²) in [6.45, 7) is 4.22. The number of hydrogen-bond donors (Lipinski definition) is 0. The Kier molecular flexibility index (Phi) is 39.8. The van der Waals surface area contributed by atoms with Gasteiger partial charge in [0.05, 0.1) is 27.7 Å². The van der Waals surface area contributed by atoms with Crippen molar-refractivity contribution in [1.29, 1.82) is 0 Å². The van der Waals surface area contributed by atoms with E-state index in [4.69, 9.17) is 18.5 Å². The molecule has 0 spiro atoms. The lowest BCUT2D eigenvalue weighted by molar-refractivity contribution is -0.870. The highest BCUT2D eigenvalue weighted by molar-refractivity contribution is 7.45. The van der Waals surface area contributed by atoms with Crippen LogP contribution in [0.3, 0.4) is 0 Å². The summed E-state index contributed by atoms with van der Waals surface area (Å²) in [6.07, 6.45) is 44.9. The Bertz CT molecular complexity index is 1040. The Balaban J connectivity index is 4.31. The zero-order valence-electron chi connectivity index (χ0n) is 38.5. The lowest BCUT2D eigenvalue weighted by Gasteiger charge is -2.28. The van der Waals surface area contributed by atoms with E-state index in [1.807, 2.05) is 21.1 Å². The van der Waals surface area contributed by atoms with Gasteiger partial charge in [-0.2, -0.15) is 0 Å². The van der Waals surface area contributed by atoms with Gasteiger partial charge in [-0.1, -0.05) is 167 Å². The number of esters is 2. The van der Waals surface area contributed by atoms with Crippen molar-refractivity contribution in [1.82, 2.24) is 0 Å². The maximum atomic E-state index is 12.7. The van der Waals surface area contributed by atoms with Crippen LogP contribution in [0, 0.1) is 0 Å². The number of allylic oxidation sites excluding steroid dienone is 4. The van der Waals surface area contributed by atoms with Crippen LogP contribution in [0.5, 0.6) is 0 Å². The quantitative estimate of drug-likeness (QED) is 0.0196. The van der Waals surface area contributed by atoms with Crippen LogP contribution in [0.2, 0.25) is 0 Å². The molecule has 9 nitrogen and oxygen atoms in total. The van der Waals surface area contributed by atoms with Crippen molar-refractivity contribution < 1.29 is 42.1 Å². The maximum absolute atomic E-state index is 12.7. The normalized spacial score (nSPS) is 13.7. The van der Waals surface area contributed by atoms with Gasteiger partial charge in [-0.05, 0) is 64.2 Å². The number of quaternary nitrogens is 1. The van der Waals surface area contributed by atoms with Crippen LogP contribution in [0.1, 0.15) is 219 Å². The van der Waals surface area contributed by atoms with Crippen LogP contribution in [0.25, 0.3) is 0 Å². The summed E-state index contributed by atoms with van der Waals surface area (Å²) in [5, 5.41) is 0. The number of phosphoric ester groups is 1. The summed E-state index contributed by atoms with van der Waals surface area (Å²) < 4.78 is 33.9. The van der Waals surface area contributed by atoms with Crippen molar-refractivity contribution in [2.75, 3.05) is 47.5 Å². The largest absolute Gasteiger partial charge is 0.756 e. The molecule has 0 saturated carbocycles. The van der Waals surface area contributed by atoms with Crippen molar-refractivity contribution in [3.05, 3.63) is 24.3 Å². The average molecular weight is 842 g/mol. The molecule has 0 heterocycles. The fourth-order valence-electron chi connectivity index (χ4n) is 6.64. The van der Waals surface area contributed by atoms with Crippen molar-refractivity contribution in [3.63, 3.8) is 0 Å². The van der Waals surface area contributed by atoms with E-state index in [9.17, 15) is 19.0 Å². The predicted octanol–water partition coefficient (Wildman–Crippen LogP) is 13.3. The number of phosphoric acid groups is 1. The number of likely N-dealkylation sites (N-methyl/N-ethyl adjacent to an activating group) is 1. The summed E-state index contributed by atoms with van der Waals surface area (Å²) in [5.41, 5.74) is 0. The molecule has 342 valence electrons. The fourth-order valence-corrected chi connectivity index (χ4v) is 7.37. The molecule has 58 heavy (non-hydrogen) atoms. The lowest BCUT2D eigenvalue weighted by atomic mass is 10.1. The summed E-state index contributed by atoms with van der Waals surface area (Å²) >= 11 is 0. The molecular formula is C48H92NO8P. The molecule has 2 atom stereocenters. The molecule has 0 aliphatic heterocycles. The van der Waals surface area contributed by atoms with Gasteiger partial charge >= 0.3 is 11.9 Å². The third kappa shape index (κ3) is 44.1. The Labute approximate surface area is 358 Å². The first-order valence-electron chi connectivity index (χ1n) is 24.0. The number of rotatable bonds is 44. The van der Waals surface area contributed by atoms with E-state index in [1.54, 1.807) is 0 Å². The van der Waals surface area contributed by atoms with Crippen LogP contribution in [0.4, 0.5) is 0 Å². The minimum absolute atomic E-state index is 0.0326. The lowest BCUT2D eigenvalue weighted by Crippen LogP contribution is -2.37. The first-order chi connectivity index (χ1) is 28.0. The zero-order chi connectivity index (χ0) is 42.8. The minimum Gasteiger partial charge on any atom is -0.756 e. The van der Waals surface area contributed by atoms with E-state index in [0.717, 1.165) is 38.5 Å². The average Bonchev–Trinajstić information content (AvgIpc) is 3.17. The second-order valence-corrected chi connectivity index (χ2v) is 18.9. The SMILES string of the molecule is CCCCCCCC/C=C/CCCCCCCCCCCC(=O)O[C@H](COC(=O)CCCC/C=C/CCCCCCCCCCC)COP(=O)([O-])OCC[N+](C)(C)C. The molecule has 10 heteroatoms. The van der Waals surface area contributed by atoms with Gasteiger partial charge in [-0.15, -0.1) is 0 Å². The molecule has 1 unspecified atom stereocenters. The van der Waals surface area contributed by atoms with Crippen molar-refractivity contribution in [2.24, 2.45) is 0 Å². The van der Waals surface area contributed by atoms with Gasteiger partial charge in [-0.3, -0.25) is 14.2 Å². The molecule has 0 saturated heterocycles. The van der Waals surface area contributed by atoms with Crippen molar-refractivity contribution >= 4 is 19.8 Å². The Morgan fingerprint density at radius 3 is 1.31 bits per heavy atom. The van der Waals surface area contributed by atoms with Gasteiger partial charge in [0.15, 0.2) is 6.10 Å². The van der Waals surface area contributed by atoms with Gasteiger partial charge in [0.1, 0.15) is 19.8 Å². The van der Waals surface area contributed by atoms with Crippen LogP contribution in [-0.4, -0.2) is 70.0 Å². The molecule has 0 rings (SSSR count). The molecule has 0 N–H and O–H groups in total. The van der Waals surface area contributed by atoms with E-state index in [0.29, 0.717) is 23.9 Å². The van der Waals surface area contributed by atoms with Gasteiger partial charge in [0.2, 0.25) is 0 Å². The summed E-state index contributed by atoms with van der Waals surface area (Å²) in [6, 6.07) is 0. The van der Waals surface area contributed by atoms with Gasteiger partial charge in [0.25, 0.3) is 7.82 Å². The van der Waals surface area contributed by atoms with E-state index in [2.05, 4.69) is 38.2 Å². The second-order valence-electron chi connectivity index (χ2n) is 17.5. The van der Waals surface area contributed by atoms with Gasteiger partial charge in [0, 0.05) is 12.8 Å². The molecule has 0 amide bonds. The molecule has 0 aromatic rings. The Morgan fingerprint density at radius 2 is 0.879 bits per heavy atom. The van der Waals surface area contributed by atoms with Crippen LogP contribution >= 0.6 is 7.82 Å². The summed E-state index contributed by atoms with van der Waals surface area (Å²) in [7, 11) is 1.16. The predicted molar refractivity (Wildman–Crippen MR) is 241 cm³/mol. The van der Waals surface area contributed by atoms with Crippen LogP contribution in [0.15, 0.2) is 24.3 Å². The number of carbonyl (C=O) groups is 2. The molecule has 0 aliphatic rings. The van der Waals surface area contributed by atoms with Crippen LogP contribution < -0.4 is 4.89 Å². The molecule has 0 radical (unpaired) electrons. The smallest absolute Gasteiger partial charge is 0.306 e. The van der Waals surface area contributed by atoms with E-state index >= 15 is 0 Å². The Morgan fingerprint density at radius 1 is 0.517 bits per heavy atom.